The van der Waals surface area contributed by atoms with E-state index in [1.54, 1.807) is 30.3 Å². The molecule has 0 unspecified atom stereocenters. The second-order valence-corrected chi connectivity index (χ2v) is 11.8. The number of aromatic nitrogens is 3. The Labute approximate surface area is 225 Å². The molecule has 4 aliphatic carbocycles. The fourth-order valence-corrected chi connectivity index (χ4v) is 7.92. The van der Waals surface area contributed by atoms with Gasteiger partial charge in [-0.1, -0.05) is 30.3 Å². The first-order valence-electron chi connectivity index (χ1n) is 12.7. The minimum absolute atomic E-state index is 0.0207. The van der Waals surface area contributed by atoms with Crippen molar-refractivity contribution in [2.24, 2.45) is 23.2 Å². The van der Waals surface area contributed by atoms with Gasteiger partial charge in [-0.3, -0.25) is 4.79 Å². The zero-order chi connectivity index (χ0) is 26.8. The monoisotopic (exact) mass is 590 g/mol. The molecule has 11 heteroatoms. The number of esters is 1. The minimum atomic E-state index is -4.75. The van der Waals surface area contributed by atoms with Crippen LogP contribution in [0.25, 0.3) is 16.9 Å². The lowest BCUT2D eigenvalue weighted by molar-refractivity contribution is -0.154. The van der Waals surface area contributed by atoms with Crippen molar-refractivity contribution in [3.05, 3.63) is 52.3 Å². The number of benzene rings is 1. The van der Waals surface area contributed by atoms with E-state index in [0.29, 0.717) is 27.8 Å². The van der Waals surface area contributed by atoms with E-state index in [-0.39, 0.29) is 21.5 Å². The highest BCUT2D eigenvalue weighted by molar-refractivity contribution is 9.10. The largest absolute Gasteiger partial charge is 0.467 e. The molecule has 0 spiro atoms. The number of carbonyl (C=O) groups excluding carboxylic acids is 2. The van der Waals surface area contributed by atoms with Crippen LogP contribution in [0.15, 0.2) is 40.9 Å². The average molecular weight is 591 g/mol. The molecule has 0 radical (unpaired) electrons. The Morgan fingerprint density at radius 2 is 1.71 bits per heavy atom. The van der Waals surface area contributed by atoms with Crippen molar-refractivity contribution in [3.8, 4) is 11.3 Å². The molecular formula is C27H26BrF3N4O3. The molecule has 4 bridgehead atoms. The van der Waals surface area contributed by atoms with E-state index >= 15 is 0 Å². The van der Waals surface area contributed by atoms with Gasteiger partial charge in [-0.25, -0.2) is 14.3 Å². The first-order valence-corrected chi connectivity index (χ1v) is 13.5. The Morgan fingerprint density at radius 1 is 1.11 bits per heavy atom. The van der Waals surface area contributed by atoms with E-state index < -0.39 is 35.2 Å². The third-order valence-corrected chi connectivity index (χ3v) is 9.25. The summed E-state index contributed by atoms with van der Waals surface area (Å²) in [5.41, 5.74) is -1.31. The average Bonchev–Trinajstić information content (AvgIpc) is 3.21. The van der Waals surface area contributed by atoms with Gasteiger partial charge in [0.2, 0.25) is 0 Å². The highest BCUT2D eigenvalue weighted by atomic mass is 79.9. The van der Waals surface area contributed by atoms with Gasteiger partial charge in [-0.05, 0) is 78.3 Å². The summed E-state index contributed by atoms with van der Waals surface area (Å²) in [5, 5.41) is 6.84. The number of nitrogens with one attached hydrogen (secondary N) is 1. The first-order chi connectivity index (χ1) is 18.1. The highest BCUT2D eigenvalue weighted by Crippen LogP contribution is 2.61. The van der Waals surface area contributed by atoms with Gasteiger partial charge in [-0.2, -0.15) is 18.3 Å². The Morgan fingerprint density at radius 3 is 2.26 bits per heavy atom. The predicted octanol–water partition coefficient (Wildman–Crippen LogP) is 5.67. The molecular weight excluding hydrogens is 565 g/mol. The van der Waals surface area contributed by atoms with Crippen LogP contribution in [0.1, 0.15) is 54.7 Å². The van der Waals surface area contributed by atoms with Crippen molar-refractivity contribution in [2.45, 2.75) is 50.7 Å². The number of alkyl halides is 3. The summed E-state index contributed by atoms with van der Waals surface area (Å²) in [7, 11) is 1.29. The van der Waals surface area contributed by atoms with Gasteiger partial charge in [0.05, 0.1) is 17.3 Å². The smallest absolute Gasteiger partial charge is 0.433 e. The fraction of sp³-hybridized carbons (Fsp3) is 0.481. The molecule has 0 aliphatic heterocycles. The summed E-state index contributed by atoms with van der Waals surface area (Å²) in [6.45, 7) is 0. The first kappa shape index (κ1) is 25.3. The molecule has 7 nitrogen and oxygen atoms in total. The predicted molar refractivity (Wildman–Crippen MR) is 135 cm³/mol. The van der Waals surface area contributed by atoms with E-state index in [2.05, 4.69) is 31.3 Å². The number of ether oxygens (including phenoxy) is 1. The summed E-state index contributed by atoms with van der Waals surface area (Å²) in [4.78, 5) is 30.9. The topological polar surface area (TPSA) is 85.6 Å². The Kier molecular flexibility index (Phi) is 6.04. The zero-order valence-corrected chi connectivity index (χ0v) is 22.2. The van der Waals surface area contributed by atoms with Gasteiger partial charge in [0.25, 0.3) is 5.91 Å². The summed E-state index contributed by atoms with van der Waals surface area (Å²) in [6, 6.07) is 8.49. The summed E-state index contributed by atoms with van der Waals surface area (Å²) >= 11 is 3.28. The second-order valence-electron chi connectivity index (χ2n) is 11.0. The Bertz CT molecular complexity index is 1390. The van der Waals surface area contributed by atoms with Crippen LogP contribution in [-0.2, 0) is 15.7 Å². The van der Waals surface area contributed by atoms with E-state index in [4.69, 9.17) is 4.74 Å². The highest BCUT2D eigenvalue weighted by Gasteiger charge is 2.57. The van der Waals surface area contributed by atoms with Crippen molar-refractivity contribution in [2.75, 3.05) is 7.11 Å². The summed E-state index contributed by atoms with van der Waals surface area (Å²) in [5.74, 6) is 0.259. The molecule has 1 atom stereocenters. The molecule has 38 heavy (non-hydrogen) atoms. The number of nitrogens with zero attached hydrogens (tertiary/aromatic N) is 3. The van der Waals surface area contributed by atoms with E-state index in [9.17, 15) is 22.8 Å². The molecule has 1 amide bonds. The Balaban J connectivity index is 1.39. The van der Waals surface area contributed by atoms with Gasteiger partial charge in [0, 0.05) is 11.0 Å². The lowest BCUT2D eigenvalue weighted by Crippen LogP contribution is -2.60. The van der Waals surface area contributed by atoms with Crippen LogP contribution in [0.3, 0.4) is 0 Å². The second kappa shape index (κ2) is 9.07. The van der Waals surface area contributed by atoms with E-state index in [1.807, 2.05) is 0 Å². The zero-order valence-electron chi connectivity index (χ0n) is 20.6. The van der Waals surface area contributed by atoms with Gasteiger partial charge in [0.1, 0.15) is 6.04 Å². The van der Waals surface area contributed by atoms with Crippen LogP contribution in [0.2, 0.25) is 0 Å². The molecule has 3 aromatic rings. The van der Waals surface area contributed by atoms with Crippen molar-refractivity contribution in [1.82, 2.24) is 19.9 Å². The molecule has 4 aliphatic rings. The van der Waals surface area contributed by atoms with Crippen molar-refractivity contribution < 1.29 is 27.5 Å². The maximum atomic E-state index is 14.1. The molecule has 2 heterocycles. The maximum Gasteiger partial charge on any atom is 0.433 e. The molecule has 4 saturated carbocycles. The molecule has 200 valence electrons. The van der Waals surface area contributed by atoms with Crippen LogP contribution >= 0.6 is 15.9 Å². The third kappa shape index (κ3) is 4.19. The van der Waals surface area contributed by atoms with Crippen LogP contribution in [0.4, 0.5) is 13.2 Å². The molecule has 1 N–H and O–H groups in total. The molecule has 1 aromatic carbocycles. The van der Waals surface area contributed by atoms with Crippen LogP contribution < -0.4 is 5.32 Å². The fourth-order valence-electron chi connectivity index (χ4n) is 7.41. The van der Waals surface area contributed by atoms with Crippen LogP contribution in [-0.4, -0.2) is 39.6 Å². The molecule has 7 rings (SSSR count). The third-order valence-electron chi connectivity index (χ3n) is 8.52. The number of hydrogen-bond acceptors (Lipinski definition) is 5. The number of rotatable bonds is 5. The molecule has 4 fully saturated rings. The number of carbonyl (C=O) groups is 2. The number of amides is 1. The number of methoxy groups -OCH3 is 1. The Hall–Kier alpha value is -2.95. The van der Waals surface area contributed by atoms with Gasteiger partial charge in [-0.15, -0.1) is 0 Å². The van der Waals surface area contributed by atoms with Gasteiger partial charge in [0.15, 0.2) is 17.0 Å². The molecule has 0 saturated heterocycles. The van der Waals surface area contributed by atoms with Gasteiger partial charge < -0.3 is 10.1 Å². The number of hydrogen-bond donors (Lipinski definition) is 1. The standard InChI is InChI=1S/C27H26BrF3N4O3/c1-38-25(37)22(26-11-14-7-15(12-26)9-16(8-14)13-26)33-24(36)21-20(28)23-32-18(17-5-3-2-4-6-17)10-19(27(29,30)31)35(23)34-21/h2-6,10,14-16,22H,7-9,11-13H2,1H3,(H,33,36)/t14?,15?,16?,22-,26?/m0/s1. The van der Waals surface area contributed by atoms with Gasteiger partial charge >= 0.3 is 12.1 Å². The van der Waals surface area contributed by atoms with E-state index in [0.717, 1.165) is 44.6 Å². The lowest BCUT2D eigenvalue weighted by atomic mass is 9.47. The summed E-state index contributed by atoms with van der Waals surface area (Å²) in [6.07, 6.45) is 1.17. The van der Waals surface area contributed by atoms with Crippen molar-refractivity contribution in [3.63, 3.8) is 0 Å². The number of fused-ring (bicyclic) bond motifs is 1. The maximum absolute atomic E-state index is 14.1. The van der Waals surface area contributed by atoms with Crippen molar-refractivity contribution in [1.29, 1.82) is 0 Å². The molecule has 2 aromatic heterocycles. The summed E-state index contributed by atoms with van der Waals surface area (Å²) < 4.78 is 48.0. The SMILES string of the molecule is COC(=O)[C@H](NC(=O)c1nn2c(C(F)(F)F)cc(-c3ccccc3)nc2c1Br)C12CC3CC(CC(C3)C1)C2. The number of halogens is 4. The van der Waals surface area contributed by atoms with Crippen molar-refractivity contribution >= 4 is 33.5 Å². The van der Waals surface area contributed by atoms with Crippen LogP contribution in [0.5, 0.6) is 0 Å². The minimum Gasteiger partial charge on any atom is -0.467 e. The van der Waals surface area contributed by atoms with Crippen LogP contribution in [0, 0.1) is 23.2 Å². The quantitative estimate of drug-likeness (QED) is 0.387. The normalized spacial score (nSPS) is 26.9. The van der Waals surface area contributed by atoms with E-state index in [1.165, 1.54) is 7.11 Å². The lowest BCUT2D eigenvalue weighted by Gasteiger charge is -2.58.